The zero-order valence-corrected chi connectivity index (χ0v) is 14.6. The summed E-state index contributed by atoms with van der Waals surface area (Å²) in [5, 5.41) is 4.17. The molecule has 0 saturated carbocycles. The van der Waals surface area contributed by atoms with Crippen molar-refractivity contribution in [1.29, 1.82) is 0 Å². The van der Waals surface area contributed by atoms with Gasteiger partial charge < -0.3 is 14.4 Å². The summed E-state index contributed by atoms with van der Waals surface area (Å²) in [6.07, 6.45) is 2.66. The molecule has 7 nitrogen and oxygen atoms in total. The third-order valence-electron chi connectivity index (χ3n) is 4.37. The van der Waals surface area contributed by atoms with Crippen LogP contribution >= 0.6 is 0 Å². The molecule has 4 rings (SSSR count). The number of amides is 1. The number of anilines is 1. The Balaban J connectivity index is 1.64. The van der Waals surface area contributed by atoms with Gasteiger partial charge in [0.1, 0.15) is 5.75 Å². The molecule has 0 bridgehead atoms. The van der Waals surface area contributed by atoms with Gasteiger partial charge in [-0.1, -0.05) is 12.1 Å². The van der Waals surface area contributed by atoms with Crippen molar-refractivity contribution in [2.24, 2.45) is 0 Å². The molecule has 0 radical (unpaired) electrons. The van der Waals surface area contributed by atoms with E-state index >= 15 is 0 Å². The Morgan fingerprint density at radius 1 is 1.11 bits per heavy atom. The summed E-state index contributed by atoms with van der Waals surface area (Å²) >= 11 is 0. The molecule has 1 amide bonds. The van der Waals surface area contributed by atoms with Gasteiger partial charge in [0.25, 0.3) is 5.91 Å². The molecule has 1 aromatic heterocycles. The van der Waals surface area contributed by atoms with E-state index in [9.17, 15) is 9.59 Å². The van der Waals surface area contributed by atoms with Crippen molar-refractivity contribution in [1.82, 2.24) is 9.78 Å². The molecule has 0 unspecified atom stereocenters. The summed E-state index contributed by atoms with van der Waals surface area (Å²) in [6.45, 7) is 0.0867. The first-order valence-corrected chi connectivity index (χ1v) is 8.43. The van der Waals surface area contributed by atoms with E-state index < -0.39 is 12.1 Å². The quantitative estimate of drug-likeness (QED) is 0.669. The largest absolute Gasteiger partial charge is 0.475 e. The van der Waals surface area contributed by atoms with Crippen molar-refractivity contribution >= 4 is 17.6 Å². The molecule has 0 fully saturated rings. The minimum atomic E-state index is -0.864. The molecule has 2 heterocycles. The van der Waals surface area contributed by atoms with E-state index in [4.69, 9.17) is 9.47 Å². The lowest BCUT2D eigenvalue weighted by molar-refractivity contribution is -0.148. The third-order valence-corrected chi connectivity index (χ3v) is 4.37. The minimum absolute atomic E-state index is 0.0867. The number of methoxy groups -OCH3 is 1. The Labute approximate surface area is 155 Å². The molecule has 3 aromatic rings. The fraction of sp³-hybridized carbons (Fsp3) is 0.150. The first kappa shape index (κ1) is 16.8. The van der Waals surface area contributed by atoms with E-state index in [0.717, 1.165) is 5.69 Å². The smallest absolute Gasteiger partial charge is 0.348 e. The van der Waals surface area contributed by atoms with E-state index in [2.05, 4.69) is 5.10 Å². The maximum absolute atomic E-state index is 13.1. The average Bonchev–Trinajstić information content (AvgIpc) is 3.27. The molecule has 7 heteroatoms. The number of nitrogens with zero attached hydrogens (tertiary/aromatic N) is 3. The van der Waals surface area contributed by atoms with Crippen LogP contribution in [0, 0.1) is 0 Å². The fourth-order valence-electron chi connectivity index (χ4n) is 3.02. The second-order valence-electron chi connectivity index (χ2n) is 6.01. The summed E-state index contributed by atoms with van der Waals surface area (Å²) in [6, 6.07) is 16.1. The molecular formula is C20H17N3O4. The van der Waals surface area contributed by atoms with Gasteiger partial charge in [0.15, 0.2) is 0 Å². The number of ether oxygens (including phenoxy) is 2. The highest BCUT2D eigenvalue weighted by Gasteiger charge is 2.34. The molecule has 0 aliphatic carbocycles. The number of aromatic nitrogens is 2. The van der Waals surface area contributed by atoms with Gasteiger partial charge in [-0.2, -0.15) is 5.10 Å². The topological polar surface area (TPSA) is 73.7 Å². The first-order valence-electron chi connectivity index (χ1n) is 8.43. The van der Waals surface area contributed by atoms with Crippen LogP contribution in [0.15, 0.2) is 67.0 Å². The molecule has 1 aliphatic heterocycles. The number of hydrogen-bond acceptors (Lipinski definition) is 5. The summed E-state index contributed by atoms with van der Waals surface area (Å²) in [5.74, 6) is -0.260. The summed E-state index contributed by atoms with van der Waals surface area (Å²) < 4.78 is 12.2. The summed E-state index contributed by atoms with van der Waals surface area (Å²) in [5.41, 5.74) is 1.98. The summed E-state index contributed by atoms with van der Waals surface area (Å²) in [7, 11) is 1.30. The zero-order valence-electron chi connectivity index (χ0n) is 14.6. The Morgan fingerprint density at radius 3 is 2.59 bits per heavy atom. The van der Waals surface area contributed by atoms with Gasteiger partial charge >= 0.3 is 5.97 Å². The van der Waals surface area contributed by atoms with E-state index in [1.807, 2.05) is 30.5 Å². The molecule has 0 saturated heterocycles. The van der Waals surface area contributed by atoms with Gasteiger partial charge in [0, 0.05) is 18.0 Å². The number of para-hydroxylation sites is 2. The van der Waals surface area contributed by atoms with Crippen LogP contribution in [-0.2, 0) is 9.53 Å². The van der Waals surface area contributed by atoms with E-state index in [0.29, 0.717) is 17.0 Å². The van der Waals surface area contributed by atoms with Crippen molar-refractivity contribution in [2.45, 2.75) is 6.10 Å². The van der Waals surface area contributed by atoms with E-state index in [-0.39, 0.29) is 12.5 Å². The Kier molecular flexibility index (Phi) is 4.33. The van der Waals surface area contributed by atoms with Gasteiger partial charge in [-0.15, -0.1) is 0 Å². The normalized spacial score (nSPS) is 15.6. The van der Waals surface area contributed by atoms with Gasteiger partial charge in [-0.3, -0.25) is 4.79 Å². The van der Waals surface area contributed by atoms with E-state index in [1.165, 1.54) is 7.11 Å². The predicted octanol–water partition coefficient (Wildman–Crippen LogP) is 2.45. The highest BCUT2D eigenvalue weighted by Crippen LogP contribution is 2.34. The standard InChI is InChI=1S/C20H17N3O4/c1-26-20(25)18-13-22(16-5-2-3-6-17(16)27-18)19(24)14-7-9-15(10-8-14)23-12-4-11-21-23/h2-12,18H,13H2,1H3/t18-/m0/s1. The number of fused-ring (bicyclic) bond motifs is 1. The molecular weight excluding hydrogens is 346 g/mol. The second-order valence-corrected chi connectivity index (χ2v) is 6.01. The van der Waals surface area contributed by atoms with Crippen LogP contribution in [-0.4, -0.2) is 41.4 Å². The average molecular weight is 363 g/mol. The maximum atomic E-state index is 13.1. The molecule has 136 valence electrons. The van der Waals surface area contributed by atoms with Crippen LogP contribution in [0.2, 0.25) is 0 Å². The Hall–Kier alpha value is -3.61. The van der Waals surface area contributed by atoms with Gasteiger partial charge in [0.2, 0.25) is 6.10 Å². The van der Waals surface area contributed by atoms with Crippen molar-refractivity contribution in [3.63, 3.8) is 0 Å². The molecule has 0 N–H and O–H groups in total. The number of esters is 1. The highest BCUT2D eigenvalue weighted by atomic mass is 16.6. The van der Waals surface area contributed by atoms with Crippen molar-refractivity contribution in [3.05, 3.63) is 72.6 Å². The summed E-state index contributed by atoms with van der Waals surface area (Å²) in [4.78, 5) is 26.6. The number of carbonyl (C=O) groups excluding carboxylic acids is 2. The lowest BCUT2D eigenvalue weighted by Gasteiger charge is -2.33. The molecule has 1 aliphatic rings. The van der Waals surface area contributed by atoms with Crippen LogP contribution < -0.4 is 9.64 Å². The van der Waals surface area contributed by atoms with Gasteiger partial charge in [-0.25, -0.2) is 9.48 Å². The first-order chi connectivity index (χ1) is 13.2. The lowest BCUT2D eigenvalue weighted by Crippen LogP contribution is -2.47. The number of rotatable bonds is 3. The molecule has 2 aromatic carbocycles. The van der Waals surface area contributed by atoms with Crippen LogP contribution in [0.25, 0.3) is 5.69 Å². The number of benzene rings is 2. The monoisotopic (exact) mass is 363 g/mol. The fourth-order valence-corrected chi connectivity index (χ4v) is 3.02. The van der Waals surface area contributed by atoms with Crippen LogP contribution in [0.3, 0.4) is 0 Å². The lowest BCUT2D eigenvalue weighted by atomic mass is 10.1. The van der Waals surface area contributed by atoms with Crippen LogP contribution in [0.1, 0.15) is 10.4 Å². The molecule has 1 atom stereocenters. The van der Waals surface area contributed by atoms with Gasteiger partial charge in [0.05, 0.1) is 25.0 Å². The highest BCUT2D eigenvalue weighted by molar-refractivity contribution is 6.07. The number of hydrogen-bond donors (Lipinski definition) is 0. The minimum Gasteiger partial charge on any atom is -0.475 e. The zero-order chi connectivity index (χ0) is 18.8. The Morgan fingerprint density at radius 2 is 1.89 bits per heavy atom. The van der Waals surface area contributed by atoms with Crippen molar-refractivity contribution < 1.29 is 19.1 Å². The number of carbonyl (C=O) groups is 2. The van der Waals surface area contributed by atoms with Crippen molar-refractivity contribution in [2.75, 3.05) is 18.6 Å². The Bertz CT molecular complexity index is 967. The van der Waals surface area contributed by atoms with Gasteiger partial charge in [-0.05, 0) is 42.5 Å². The maximum Gasteiger partial charge on any atom is 0.348 e. The van der Waals surface area contributed by atoms with Crippen LogP contribution in [0.5, 0.6) is 5.75 Å². The van der Waals surface area contributed by atoms with Crippen molar-refractivity contribution in [3.8, 4) is 11.4 Å². The molecule has 0 spiro atoms. The SMILES string of the molecule is COC(=O)[C@@H]1CN(C(=O)c2ccc(-n3cccn3)cc2)c2ccccc2O1. The molecule has 27 heavy (non-hydrogen) atoms. The van der Waals surface area contributed by atoms with Crippen LogP contribution in [0.4, 0.5) is 5.69 Å². The second kappa shape index (κ2) is 6.95. The predicted molar refractivity (Wildman–Crippen MR) is 98.1 cm³/mol. The van der Waals surface area contributed by atoms with E-state index in [1.54, 1.807) is 46.1 Å². The third kappa shape index (κ3) is 3.15.